The normalized spacial score (nSPS) is 17.2. The number of hydrogen-bond acceptors (Lipinski definition) is 4. The fraction of sp³-hybridized carbons (Fsp3) is 0.357. The first kappa shape index (κ1) is 13.3. The predicted molar refractivity (Wildman–Crippen MR) is 73.4 cm³/mol. The zero-order valence-corrected chi connectivity index (χ0v) is 10.8. The molecule has 1 aromatic carbocycles. The topological polar surface area (TPSA) is 75.7 Å². The summed E-state index contributed by atoms with van der Waals surface area (Å²) in [7, 11) is 0. The van der Waals surface area contributed by atoms with Gasteiger partial charge in [-0.2, -0.15) is 0 Å². The molecule has 1 aliphatic carbocycles. The van der Waals surface area contributed by atoms with Crippen LogP contribution in [0.25, 0.3) is 5.57 Å². The minimum atomic E-state index is -0.408. The lowest BCUT2D eigenvalue weighted by Crippen LogP contribution is -1.98. The molecule has 0 radical (unpaired) electrons. The van der Waals surface area contributed by atoms with Gasteiger partial charge in [-0.15, -0.1) is 0 Å². The first-order valence-electron chi connectivity index (χ1n) is 6.35. The molecule has 0 spiro atoms. The molecule has 0 heterocycles. The smallest absolute Gasteiger partial charge is 0.270 e. The molecule has 19 heavy (non-hydrogen) atoms. The Balaban J connectivity index is 2.50. The van der Waals surface area contributed by atoms with Crippen LogP contribution in [0.2, 0.25) is 0 Å². The molecule has 0 aliphatic heterocycles. The number of non-ortho nitro benzene ring substituents is 1. The third-order valence-electron chi connectivity index (χ3n) is 3.32. The molecule has 0 amide bonds. The lowest BCUT2D eigenvalue weighted by atomic mass is 9.98. The summed E-state index contributed by atoms with van der Waals surface area (Å²) in [5, 5.41) is 23.3. The van der Waals surface area contributed by atoms with E-state index in [1.165, 1.54) is 11.6 Å². The van der Waals surface area contributed by atoms with Gasteiger partial charge in [0.15, 0.2) is 0 Å². The van der Waals surface area contributed by atoms with Crippen LogP contribution in [0.5, 0.6) is 0 Å². The minimum absolute atomic E-state index is 0.0602. The van der Waals surface area contributed by atoms with E-state index in [1.807, 2.05) is 6.07 Å². The number of hydrogen-bond donors (Lipinski definition) is 1. The van der Waals surface area contributed by atoms with E-state index in [2.05, 4.69) is 12.1 Å². The minimum Gasteiger partial charge on any atom is -0.411 e. The fourth-order valence-corrected chi connectivity index (χ4v) is 2.52. The molecule has 0 bridgehead atoms. The van der Waals surface area contributed by atoms with Crippen molar-refractivity contribution in [3.05, 3.63) is 45.5 Å². The average Bonchev–Trinajstić information content (AvgIpc) is 2.82. The molecule has 0 aromatic heterocycles. The van der Waals surface area contributed by atoms with E-state index in [9.17, 15) is 10.1 Å². The maximum absolute atomic E-state index is 10.8. The quantitative estimate of drug-likeness (QED) is 0.508. The van der Waals surface area contributed by atoms with E-state index in [0.29, 0.717) is 12.1 Å². The zero-order chi connectivity index (χ0) is 13.8. The molecule has 100 valence electrons. The van der Waals surface area contributed by atoms with Crippen molar-refractivity contribution in [2.75, 3.05) is 0 Å². The molecule has 1 aliphatic rings. The van der Waals surface area contributed by atoms with Gasteiger partial charge in [-0.05, 0) is 24.8 Å². The molecule has 0 saturated heterocycles. The van der Waals surface area contributed by atoms with Crippen LogP contribution in [0.3, 0.4) is 0 Å². The van der Waals surface area contributed by atoms with E-state index in [-0.39, 0.29) is 5.69 Å². The molecular weight excluding hydrogens is 244 g/mol. The number of allylic oxidation sites excluding steroid dienone is 2. The lowest BCUT2D eigenvalue weighted by Gasteiger charge is -2.07. The Morgan fingerprint density at radius 2 is 2.21 bits per heavy atom. The second-order valence-corrected chi connectivity index (χ2v) is 4.58. The summed E-state index contributed by atoms with van der Waals surface area (Å²) in [6, 6.07) is 6.50. The van der Waals surface area contributed by atoms with Crippen LogP contribution in [-0.2, 0) is 0 Å². The van der Waals surface area contributed by atoms with E-state index in [1.54, 1.807) is 12.1 Å². The Morgan fingerprint density at radius 1 is 1.42 bits per heavy atom. The summed E-state index contributed by atoms with van der Waals surface area (Å²) in [5.74, 6) is 0. The Kier molecular flexibility index (Phi) is 3.94. The third-order valence-corrected chi connectivity index (χ3v) is 3.32. The molecule has 1 aromatic rings. The number of nitrogens with zero attached hydrogens (tertiary/aromatic N) is 2. The number of oxime groups is 1. The standard InChI is InChI=1S/C14H16N2O3/c1-2-4-10-7-8-13(15-17)14(10)11-5-3-6-12(9-11)16(18)19/h3,5-6,9,17H,2,4,7-8H2,1H3/b15-13+. The molecule has 5 heteroatoms. The van der Waals surface area contributed by atoms with Crippen LogP contribution >= 0.6 is 0 Å². The van der Waals surface area contributed by atoms with Crippen LogP contribution in [-0.4, -0.2) is 15.8 Å². The van der Waals surface area contributed by atoms with Gasteiger partial charge in [0.1, 0.15) is 0 Å². The van der Waals surface area contributed by atoms with Gasteiger partial charge in [-0.25, -0.2) is 0 Å². The Hall–Kier alpha value is -2.17. The molecule has 1 N–H and O–H groups in total. The summed E-state index contributed by atoms with van der Waals surface area (Å²) in [4.78, 5) is 10.4. The van der Waals surface area contributed by atoms with Crippen molar-refractivity contribution >= 4 is 17.0 Å². The molecule has 2 rings (SSSR count). The van der Waals surface area contributed by atoms with Gasteiger partial charge in [0.25, 0.3) is 5.69 Å². The first-order valence-corrected chi connectivity index (χ1v) is 6.35. The van der Waals surface area contributed by atoms with Crippen molar-refractivity contribution in [1.82, 2.24) is 0 Å². The maximum Gasteiger partial charge on any atom is 0.270 e. The summed E-state index contributed by atoms with van der Waals surface area (Å²) in [5.41, 5.74) is 3.56. The highest BCUT2D eigenvalue weighted by Crippen LogP contribution is 2.35. The highest BCUT2D eigenvalue weighted by Gasteiger charge is 2.23. The summed E-state index contributed by atoms with van der Waals surface area (Å²) >= 11 is 0. The monoisotopic (exact) mass is 260 g/mol. The van der Waals surface area contributed by atoms with Gasteiger partial charge < -0.3 is 5.21 Å². The highest BCUT2D eigenvalue weighted by molar-refractivity contribution is 6.26. The van der Waals surface area contributed by atoms with E-state index >= 15 is 0 Å². The van der Waals surface area contributed by atoms with E-state index in [0.717, 1.165) is 30.4 Å². The van der Waals surface area contributed by atoms with Gasteiger partial charge in [-0.3, -0.25) is 10.1 Å². The second-order valence-electron chi connectivity index (χ2n) is 4.58. The third kappa shape index (κ3) is 2.65. The Bertz CT molecular complexity index is 562. The summed E-state index contributed by atoms with van der Waals surface area (Å²) in [6.45, 7) is 2.09. The van der Waals surface area contributed by atoms with Crippen molar-refractivity contribution in [2.45, 2.75) is 32.6 Å². The number of nitro groups is 1. The van der Waals surface area contributed by atoms with Gasteiger partial charge in [0.05, 0.1) is 10.6 Å². The van der Waals surface area contributed by atoms with Crippen molar-refractivity contribution in [3.63, 3.8) is 0 Å². The molecular formula is C14H16N2O3. The predicted octanol–water partition coefficient (Wildman–Crippen LogP) is 3.77. The van der Waals surface area contributed by atoms with Gasteiger partial charge in [0.2, 0.25) is 0 Å². The summed E-state index contributed by atoms with van der Waals surface area (Å²) < 4.78 is 0. The van der Waals surface area contributed by atoms with Crippen LogP contribution in [0.15, 0.2) is 35.0 Å². The van der Waals surface area contributed by atoms with Gasteiger partial charge in [-0.1, -0.05) is 36.2 Å². The van der Waals surface area contributed by atoms with Crippen molar-refractivity contribution < 1.29 is 10.1 Å². The largest absolute Gasteiger partial charge is 0.411 e. The van der Waals surface area contributed by atoms with Crippen LogP contribution in [0.4, 0.5) is 5.69 Å². The van der Waals surface area contributed by atoms with Crippen LogP contribution in [0, 0.1) is 10.1 Å². The number of nitro benzene ring substituents is 1. The van der Waals surface area contributed by atoms with E-state index < -0.39 is 4.92 Å². The van der Waals surface area contributed by atoms with Crippen molar-refractivity contribution in [1.29, 1.82) is 0 Å². The van der Waals surface area contributed by atoms with Crippen LogP contribution < -0.4 is 0 Å². The molecule has 0 unspecified atom stereocenters. The fourth-order valence-electron chi connectivity index (χ4n) is 2.52. The van der Waals surface area contributed by atoms with Gasteiger partial charge in [0, 0.05) is 17.7 Å². The maximum atomic E-state index is 10.8. The van der Waals surface area contributed by atoms with Crippen molar-refractivity contribution in [3.8, 4) is 0 Å². The molecule has 0 atom stereocenters. The molecule has 5 nitrogen and oxygen atoms in total. The lowest BCUT2D eigenvalue weighted by molar-refractivity contribution is -0.384. The second kappa shape index (κ2) is 5.65. The number of benzene rings is 1. The zero-order valence-electron chi connectivity index (χ0n) is 10.8. The van der Waals surface area contributed by atoms with Crippen molar-refractivity contribution in [2.24, 2.45) is 5.16 Å². The van der Waals surface area contributed by atoms with E-state index in [4.69, 9.17) is 5.21 Å². The number of rotatable bonds is 4. The van der Waals surface area contributed by atoms with Crippen LogP contribution in [0.1, 0.15) is 38.2 Å². The Morgan fingerprint density at radius 3 is 2.84 bits per heavy atom. The summed E-state index contributed by atoms with van der Waals surface area (Å²) in [6.07, 6.45) is 3.50. The molecule has 0 saturated carbocycles. The SMILES string of the molecule is CCCC1=C(c2cccc([N+](=O)[O-])c2)/C(=N/O)CC1. The highest BCUT2D eigenvalue weighted by atomic mass is 16.6. The Labute approximate surface area is 111 Å². The van der Waals surface area contributed by atoms with Gasteiger partial charge >= 0.3 is 0 Å². The first-order chi connectivity index (χ1) is 9.17. The molecule has 0 fully saturated rings. The average molecular weight is 260 g/mol.